The number of nitrogens with one attached hydrogen (secondary N) is 1. The minimum absolute atomic E-state index is 0.613. The second-order valence-electron chi connectivity index (χ2n) is 6.13. The fraction of sp³-hybridized carbons (Fsp3) is 0.625. The summed E-state index contributed by atoms with van der Waals surface area (Å²) in [6.45, 7) is 12.0. The van der Waals surface area contributed by atoms with Crippen molar-refractivity contribution in [3.05, 3.63) is 34.9 Å². The third kappa shape index (κ3) is 5.19. The first-order valence-electron chi connectivity index (χ1n) is 6.79. The average Bonchev–Trinajstić information content (AvgIpc) is 2.22. The molecule has 102 valence electrons. The minimum atomic E-state index is -0.687. The Labute approximate surface area is 111 Å². The summed E-state index contributed by atoms with van der Waals surface area (Å²) in [5, 5.41) is 13.8. The maximum absolute atomic E-state index is 10.4. The highest BCUT2D eigenvalue weighted by Crippen LogP contribution is 2.17. The highest BCUT2D eigenvalue weighted by atomic mass is 16.3. The molecule has 0 bridgehead atoms. The van der Waals surface area contributed by atoms with Crippen molar-refractivity contribution in [2.45, 2.75) is 46.6 Å². The summed E-state index contributed by atoms with van der Waals surface area (Å²) >= 11 is 0. The molecule has 1 atom stereocenters. The van der Waals surface area contributed by atoms with E-state index in [1.165, 1.54) is 16.7 Å². The van der Waals surface area contributed by atoms with Gasteiger partial charge in [-0.2, -0.15) is 0 Å². The number of hydrogen-bond donors (Lipinski definition) is 2. The maximum Gasteiger partial charge on any atom is 0.0783 e. The third-order valence-corrected chi connectivity index (χ3v) is 3.13. The van der Waals surface area contributed by atoms with Crippen LogP contribution >= 0.6 is 0 Å². The normalized spacial score (nSPS) is 14.8. The monoisotopic (exact) mass is 249 g/mol. The van der Waals surface area contributed by atoms with Crippen molar-refractivity contribution < 1.29 is 5.11 Å². The smallest absolute Gasteiger partial charge is 0.0783 e. The summed E-state index contributed by atoms with van der Waals surface area (Å²) in [6.07, 6.45) is 0.700. The number of aryl methyl sites for hydroxylation is 2. The Morgan fingerprint density at radius 3 is 2.56 bits per heavy atom. The Balaban J connectivity index is 2.61. The molecule has 0 amide bonds. The first-order chi connectivity index (χ1) is 8.30. The Bertz CT molecular complexity index is 383. The number of aliphatic hydroxyl groups is 1. The highest BCUT2D eigenvalue weighted by Gasteiger charge is 2.21. The molecule has 0 heterocycles. The van der Waals surface area contributed by atoms with Gasteiger partial charge in [0.05, 0.1) is 5.60 Å². The molecule has 2 nitrogen and oxygen atoms in total. The van der Waals surface area contributed by atoms with Gasteiger partial charge in [0.2, 0.25) is 0 Å². The molecule has 0 radical (unpaired) electrons. The van der Waals surface area contributed by atoms with Crippen LogP contribution in [0.2, 0.25) is 0 Å². The molecule has 1 rings (SSSR count). The summed E-state index contributed by atoms with van der Waals surface area (Å²) in [5.74, 6) is 0.613. The Morgan fingerprint density at radius 2 is 1.94 bits per heavy atom. The minimum Gasteiger partial charge on any atom is -0.389 e. The summed E-state index contributed by atoms with van der Waals surface area (Å²) in [5.41, 5.74) is 3.06. The second kappa shape index (κ2) is 6.35. The summed E-state index contributed by atoms with van der Waals surface area (Å²) in [7, 11) is 0. The van der Waals surface area contributed by atoms with Gasteiger partial charge in [-0.1, -0.05) is 37.6 Å². The molecule has 2 N–H and O–H groups in total. The van der Waals surface area contributed by atoms with Crippen molar-refractivity contribution >= 4 is 0 Å². The second-order valence-corrected chi connectivity index (χ2v) is 6.13. The summed E-state index contributed by atoms with van der Waals surface area (Å²) in [4.78, 5) is 0. The fourth-order valence-corrected chi connectivity index (χ4v) is 2.09. The standard InChI is InChI=1S/C16H27NO/c1-12(2)10-17-11-16(5,18)9-15-8-13(3)6-7-14(15)4/h6-8,12,17-18H,9-11H2,1-5H3. The van der Waals surface area contributed by atoms with Crippen molar-refractivity contribution in [2.24, 2.45) is 5.92 Å². The highest BCUT2D eigenvalue weighted by molar-refractivity contribution is 5.31. The predicted molar refractivity (Wildman–Crippen MR) is 78.0 cm³/mol. The Morgan fingerprint density at radius 1 is 1.28 bits per heavy atom. The van der Waals surface area contributed by atoms with E-state index in [0.717, 1.165) is 6.54 Å². The van der Waals surface area contributed by atoms with E-state index >= 15 is 0 Å². The molecule has 1 aromatic carbocycles. The van der Waals surface area contributed by atoms with E-state index in [2.05, 4.69) is 51.2 Å². The van der Waals surface area contributed by atoms with Crippen LogP contribution in [0.25, 0.3) is 0 Å². The molecule has 18 heavy (non-hydrogen) atoms. The molecule has 0 saturated heterocycles. The van der Waals surface area contributed by atoms with Gasteiger partial charge in [0.1, 0.15) is 0 Å². The number of hydrogen-bond acceptors (Lipinski definition) is 2. The molecule has 0 aliphatic heterocycles. The van der Waals surface area contributed by atoms with Gasteiger partial charge < -0.3 is 10.4 Å². The van der Waals surface area contributed by atoms with Crippen molar-refractivity contribution in [2.75, 3.05) is 13.1 Å². The average molecular weight is 249 g/mol. The lowest BCUT2D eigenvalue weighted by Gasteiger charge is -2.25. The third-order valence-electron chi connectivity index (χ3n) is 3.13. The van der Waals surface area contributed by atoms with E-state index in [0.29, 0.717) is 18.9 Å². The van der Waals surface area contributed by atoms with E-state index in [9.17, 15) is 5.11 Å². The molecule has 0 aromatic heterocycles. The largest absolute Gasteiger partial charge is 0.389 e. The van der Waals surface area contributed by atoms with E-state index in [4.69, 9.17) is 0 Å². The SMILES string of the molecule is Cc1ccc(C)c(CC(C)(O)CNCC(C)C)c1. The maximum atomic E-state index is 10.4. The van der Waals surface area contributed by atoms with Crippen molar-refractivity contribution in [3.63, 3.8) is 0 Å². The van der Waals surface area contributed by atoms with Crippen LogP contribution in [-0.4, -0.2) is 23.8 Å². The molecule has 0 fully saturated rings. The van der Waals surface area contributed by atoms with Gasteiger partial charge in [0.15, 0.2) is 0 Å². The lowest BCUT2D eigenvalue weighted by Crippen LogP contribution is -2.41. The zero-order chi connectivity index (χ0) is 13.8. The van der Waals surface area contributed by atoms with Crippen molar-refractivity contribution in [3.8, 4) is 0 Å². The molecule has 2 heteroatoms. The molecular weight excluding hydrogens is 222 g/mol. The molecule has 0 spiro atoms. The van der Waals surface area contributed by atoms with Crippen LogP contribution in [0.3, 0.4) is 0 Å². The zero-order valence-corrected chi connectivity index (χ0v) is 12.4. The van der Waals surface area contributed by atoms with Crippen molar-refractivity contribution in [1.29, 1.82) is 0 Å². The molecular formula is C16H27NO. The molecule has 0 aliphatic carbocycles. The molecule has 1 aromatic rings. The van der Waals surface area contributed by atoms with Gasteiger partial charge in [0, 0.05) is 13.0 Å². The van der Waals surface area contributed by atoms with Gasteiger partial charge in [-0.05, 0) is 44.4 Å². The van der Waals surface area contributed by atoms with Gasteiger partial charge in [-0.15, -0.1) is 0 Å². The van der Waals surface area contributed by atoms with Crippen LogP contribution in [0.4, 0.5) is 0 Å². The van der Waals surface area contributed by atoms with Gasteiger partial charge in [-0.25, -0.2) is 0 Å². The Kier molecular flexibility index (Phi) is 5.36. The van der Waals surface area contributed by atoms with Crippen LogP contribution in [0.1, 0.15) is 37.5 Å². The lowest BCUT2D eigenvalue weighted by molar-refractivity contribution is 0.0594. The summed E-state index contributed by atoms with van der Waals surface area (Å²) in [6, 6.07) is 6.42. The molecule has 0 aliphatic rings. The Hall–Kier alpha value is -0.860. The van der Waals surface area contributed by atoms with Gasteiger partial charge in [-0.3, -0.25) is 0 Å². The summed E-state index contributed by atoms with van der Waals surface area (Å²) < 4.78 is 0. The number of benzene rings is 1. The van der Waals surface area contributed by atoms with Crippen LogP contribution < -0.4 is 5.32 Å². The predicted octanol–water partition coefficient (Wildman–Crippen LogP) is 2.84. The lowest BCUT2D eigenvalue weighted by atomic mass is 9.92. The quantitative estimate of drug-likeness (QED) is 0.812. The van der Waals surface area contributed by atoms with Gasteiger partial charge in [0.25, 0.3) is 0 Å². The fourth-order valence-electron chi connectivity index (χ4n) is 2.09. The van der Waals surface area contributed by atoms with Crippen LogP contribution in [-0.2, 0) is 6.42 Å². The zero-order valence-electron chi connectivity index (χ0n) is 12.4. The van der Waals surface area contributed by atoms with Crippen molar-refractivity contribution in [1.82, 2.24) is 5.32 Å². The van der Waals surface area contributed by atoms with E-state index in [-0.39, 0.29) is 0 Å². The molecule has 1 unspecified atom stereocenters. The first-order valence-corrected chi connectivity index (χ1v) is 6.79. The van der Waals surface area contributed by atoms with E-state index in [1.54, 1.807) is 0 Å². The number of rotatable bonds is 6. The van der Waals surface area contributed by atoms with Crippen LogP contribution in [0.15, 0.2) is 18.2 Å². The molecule has 0 saturated carbocycles. The first kappa shape index (κ1) is 15.2. The van der Waals surface area contributed by atoms with E-state index in [1.807, 2.05) is 6.92 Å². The van der Waals surface area contributed by atoms with E-state index < -0.39 is 5.60 Å². The van der Waals surface area contributed by atoms with Gasteiger partial charge >= 0.3 is 0 Å². The van der Waals surface area contributed by atoms with Crippen LogP contribution in [0.5, 0.6) is 0 Å². The topological polar surface area (TPSA) is 32.3 Å². The van der Waals surface area contributed by atoms with Crippen LogP contribution in [0, 0.1) is 19.8 Å².